The molecule has 0 saturated heterocycles. The number of phosphoric acid groups is 1. The number of hydrogen-bond acceptors (Lipinski definition) is 7. The fourth-order valence-corrected chi connectivity index (χ4v) is 7.47. The first-order valence-electron chi connectivity index (χ1n) is 14.2. The van der Waals surface area contributed by atoms with Gasteiger partial charge in [-0.05, 0) is 101 Å². The van der Waals surface area contributed by atoms with Gasteiger partial charge < -0.3 is 9.26 Å². The second-order valence-electron chi connectivity index (χ2n) is 10.8. The zero-order valence-electron chi connectivity index (χ0n) is 24.5. The Labute approximate surface area is 247 Å². The second kappa shape index (κ2) is 11.6. The highest BCUT2D eigenvalue weighted by molar-refractivity contribution is 7.85. The molecule has 0 spiro atoms. The third-order valence-electron chi connectivity index (χ3n) is 7.71. The van der Waals surface area contributed by atoms with Crippen LogP contribution in [0.5, 0.6) is 11.5 Å². The highest BCUT2D eigenvalue weighted by Gasteiger charge is 2.44. The number of rotatable bonds is 10. The maximum Gasteiger partial charge on any atom is 0.530 e. The molecule has 1 aliphatic carbocycles. The summed E-state index contributed by atoms with van der Waals surface area (Å²) in [6.07, 6.45) is 8.99. The minimum atomic E-state index is -4.32. The molecule has 2 aromatic rings. The summed E-state index contributed by atoms with van der Waals surface area (Å²) in [4.78, 5) is -0.112. The van der Waals surface area contributed by atoms with Gasteiger partial charge in [0.25, 0.3) is 10.1 Å². The maximum atomic E-state index is 12.9. The van der Waals surface area contributed by atoms with Crippen molar-refractivity contribution in [2.75, 3.05) is 19.8 Å². The molecule has 1 N–H and O–H groups in total. The highest BCUT2D eigenvalue weighted by Crippen LogP contribution is 2.51. The Morgan fingerprint density at radius 1 is 1.05 bits per heavy atom. The van der Waals surface area contributed by atoms with Gasteiger partial charge in [0.15, 0.2) is 5.71 Å². The van der Waals surface area contributed by atoms with Crippen LogP contribution >= 0.6 is 7.82 Å². The maximum absolute atomic E-state index is 12.9. The van der Waals surface area contributed by atoms with Crippen LogP contribution in [-0.4, -0.2) is 43.0 Å². The van der Waals surface area contributed by atoms with Gasteiger partial charge in [0.1, 0.15) is 23.8 Å². The van der Waals surface area contributed by atoms with E-state index in [2.05, 4.69) is 43.6 Å². The molecule has 224 valence electrons. The fourth-order valence-electron chi connectivity index (χ4n) is 5.78. The molecule has 0 bridgehead atoms. The average molecular weight is 615 g/mol. The Kier molecular flexibility index (Phi) is 8.40. The number of ether oxygens (including phenoxy) is 1. The lowest BCUT2D eigenvalue weighted by Crippen LogP contribution is -2.27. The third-order valence-corrected chi connectivity index (χ3v) is 10.1. The molecule has 5 rings (SSSR count). The molecule has 0 saturated carbocycles. The van der Waals surface area contributed by atoms with Gasteiger partial charge in [-0.25, -0.2) is 4.57 Å². The third kappa shape index (κ3) is 5.79. The topological polar surface area (TPSA) is 111 Å². The first-order chi connectivity index (χ1) is 19.9. The molecule has 0 unspecified atom stereocenters. The molecule has 0 aromatic heterocycles. The van der Waals surface area contributed by atoms with Crippen molar-refractivity contribution in [3.63, 3.8) is 0 Å². The number of fused-ring (bicyclic) bond motifs is 3. The number of phosphoric ester groups is 1. The van der Waals surface area contributed by atoms with Crippen LogP contribution in [0.2, 0.25) is 0 Å². The fraction of sp³-hybridized carbons (Fsp3) is 0.387. The molecule has 2 aliphatic heterocycles. The van der Waals surface area contributed by atoms with Crippen LogP contribution in [0.15, 0.2) is 70.4 Å². The van der Waals surface area contributed by atoms with Crippen LogP contribution in [0.25, 0.3) is 6.08 Å². The summed E-state index contributed by atoms with van der Waals surface area (Å²) in [5, 5.41) is 0. The van der Waals surface area contributed by atoms with Gasteiger partial charge in [-0.1, -0.05) is 0 Å². The van der Waals surface area contributed by atoms with E-state index < -0.39 is 23.4 Å². The first-order valence-corrected chi connectivity index (χ1v) is 17.1. The SMILES string of the molecule is CCOP(=O)(OCC)Oc1ccc2c(c1)OC1=C(/C=C/C3=[N+](CC)c4ccc(S(=O)(=O)O)cc4C3(C)C)CCCC1=C2. The minimum absolute atomic E-state index is 0.112. The quantitative estimate of drug-likeness (QED) is 0.168. The molecule has 0 radical (unpaired) electrons. The van der Waals surface area contributed by atoms with Crippen LogP contribution in [0.3, 0.4) is 0 Å². The lowest BCUT2D eigenvalue weighted by Gasteiger charge is -2.27. The zero-order valence-corrected chi connectivity index (χ0v) is 26.3. The lowest BCUT2D eigenvalue weighted by atomic mass is 9.81. The Morgan fingerprint density at radius 3 is 2.45 bits per heavy atom. The van der Waals surface area contributed by atoms with E-state index in [9.17, 15) is 17.5 Å². The largest absolute Gasteiger partial charge is 0.530 e. The van der Waals surface area contributed by atoms with Crippen molar-refractivity contribution >= 4 is 35.4 Å². The van der Waals surface area contributed by atoms with Gasteiger partial charge in [0.05, 0.1) is 23.5 Å². The van der Waals surface area contributed by atoms with E-state index in [1.54, 1.807) is 38.1 Å². The molecule has 3 aliphatic rings. The van der Waals surface area contributed by atoms with Crippen molar-refractivity contribution < 1.29 is 40.4 Å². The summed E-state index contributed by atoms with van der Waals surface area (Å²) >= 11 is 0. The summed E-state index contributed by atoms with van der Waals surface area (Å²) in [6.45, 7) is 10.7. The summed E-state index contributed by atoms with van der Waals surface area (Å²) in [6, 6.07) is 10.1. The van der Waals surface area contributed by atoms with E-state index >= 15 is 0 Å². The van der Waals surface area contributed by atoms with Gasteiger partial charge in [-0.3, -0.25) is 13.6 Å². The molecule has 0 amide bonds. The van der Waals surface area contributed by atoms with Gasteiger partial charge >= 0.3 is 7.82 Å². The van der Waals surface area contributed by atoms with Gasteiger partial charge in [0.2, 0.25) is 5.69 Å². The van der Waals surface area contributed by atoms with Crippen molar-refractivity contribution in [3.8, 4) is 11.5 Å². The zero-order chi connectivity index (χ0) is 30.3. The molecular weight excluding hydrogens is 577 g/mol. The number of allylic oxidation sites excluding steroid dienone is 4. The lowest BCUT2D eigenvalue weighted by molar-refractivity contribution is -0.433. The summed E-state index contributed by atoms with van der Waals surface area (Å²) in [5.74, 6) is 1.71. The Balaban J connectivity index is 1.48. The standard InChI is InChI=1S/C31H36NO8PS/c1-6-32-27-16-15-25(42(34,35)36)20-26(27)31(4,5)29(32)17-13-21-10-9-11-23-18-22-12-14-24(19-28(22)39-30(21)23)40-41(33,37-7-2)38-8-3/h12-20H,6-11H2,1-5H3/p+1/b17-13+. The Hall–Kier alpha value is -3.01. The number of hydrogen-bond donors (Lipinski definition) is 1. The average Bonchev–Trinajstić information content (AvgIpc) is 3.15. The number of nitrogens with zero attached hydrogens (tertiary/aromatic N) is 1. The van der Waals surface area contributed by atoms with E-state index in [-0.39, 0.29) is 18.1 Å². The molecular formula is C31H37NO8PS+. The van der Waals surface area contributed by atoms with Crippen molar-refractivity contribution in [2.45, 2.75) is 64.2 Å². The highest BCUT2D eigenvalue weighted by atomic mass is 32.2. The normalized spacial score (nSPS) is 18.0. The van der Waals surface area contributed by atoms with E-state index in [0.717, 1.165) is 58.7 Å². The molecule has 2 heterocycles. The minimum Gasteiger partial charge on any atom is -0.456 e. The predicted molar refractivity (Wildman–Crippen MR) is 161 cm³/mol. The predicted octanol–water partition coefficient (Wildman–Crippen LogP) is 7.36. The van der Waals surface area contributed by atoms with Crippen molar-refractivity contribution in [1.82, 2.24) is 0 Å². The van der Waals surface area contributed by atoms with E-state index in [1.165, 1.54) is 6.07 Å². The van der Waals surface area contributed by atoms with Crippen LogP contribution < -0.4 is 9.26 Å². The van der Waals surface area contributed by atoms with E-state index in [0.29, 0.717) is 18.0 Å². The van der Waals surface area contributed by atoms with Gasteiger partial charge in [-0.15, -0.1) is 0 Å². The Morgan fingerprint density at radius 2 is 1.79 bits per heavy atom. The van der Waals surface area contributed by atoms with Gasteiger partial charge in [0, 0.05) is 29.3 Å². The van der Waals surface area contributed by atoms with E-state index in [4.69, 9.17) is 18.3 Å². The van der Waals surface area contributed by atoms with Crippen LogP contribution in [0, 0.1) is 0 Å². The summed E-state index contributed by atoms with van der Waals surface area (Å²) in [5.41, 5.74) is 5.35. The molecule has 2 aromatic carbocycles. The summed E-state index contributed by atoms with van der Waals surface area (Å²) in [7, 11) is -8.07. The molecule has 9 nitrogen and oxygen atoms in total. The van der Waals surface area contributed by atoms with Crippen molar-refractivity contribution in [1.29, 1.82) is 0 Å². The van der Waals surface area contributed by atoms with Gasteiger partial charge in [-0.2, -0.15) is 13.0 Å². The summed E-state index contributed by atoms with van der Waals surface area (Å²) < 4.78 is 71.0. The Bertz CT molecular complexity index is 1690. The van der Waals surface area contributed by atoms with Crippen LogP contribution in [0.1, 0.15) is 65.0 Å². The smallest absolute Gasteiger partial charge is 0.456 e. The van der Waals surface area contributed by atoms with E-state index in [1.807, 2.05) is 6.07 Å². The molecule has 0 atom stereocenters. The molecule has 42 heavy (non-hydrogen) atoms. The first kappa shape index (κ1) is 30.4. The number of benzene rings is 2. The molecule has 11 heteroatoms. The monoisotopic (exact) mass is 614 g/mol. The molecule has 0 fully saturated rings. The van der Waals surface area contributed by atoms with Crippen molar-refractivity contribution in [3.05, 3.63) is 76.6 Å². The van der Waals surface area contributed by atoms with Crippen LogP contribution in [0.4, 0.5) is 5.69 Å². The van der Waals surface area contributed by atoms with Crippen LogP contribution in [-0.2, 0) is 29.1 Å². The van der Waals surface area contributed by atoms with Crippen molar-refractivity contribution in [2.24, 2.45) is 0 Å². The second-order valence-corrected chi connectivity index (χ2v) is 13.8.